The molecule has 1 atom stereocenters. The van der Waals surface area contributed by atoms with Crippen molar-refractivity contribution in [1.29, 1.82) is 0 Å². The number of hydrogen-bond acceptors (Lipinski definition) is 3. The number of nitrogens with two attached hydrogens (primary N) is 1. The zero-order valence-corrected chi connectivity index (χ0v) is 9.71. The summed E-state index contributed by atoms with van der Waals surface area (Å²) in [6, 6.07) is 6.65. The highest BCUT2D eigenvalue weighted by molar-refractivity contribution is 7.89. The van der Waals surface area contributed by atoms with Crippen molar-refractivity contribution < 1.29 is 8.42 Å². The molecule has 84 valence electrons. The van der Waals surface area contributed by atoms with Crippen molar-refractivity contribution in [3.8, 4) is 0 Å². The summed E-state index contributed by atoms with van der Waals surface area (Å²) in [5.41, 5.74) is 6.56. The molecule has 4 nitrogen and oxygen atoms in total. The quantitative estimate of drug-likeness (QED) is 0.754. The minimum absolute atomic E-state index is 0.247. The van der Waals surface area contributed by atoms with E-state index in [-0.39, 0.29) is 4.90 Å². The Morgan fingerprint density at radius 1 is 1.33 bits per heavy atom. The largest absolute Gasteiger partial charge is 0.315 e. The monoisotopic (exact) mass is 228 g/mol. The van der Waals surface area contributed by atoms with Crippen LogP contribution in [-0.2, 0) is 10.0 Å². The van der Waals surface area contributed by atoms with Gasteiger partial charge in [0.25, 0.3) is 0 Å². The van der Waals surface area contributed by atoms with E-state index in [4.69, 9.17) is 5.73 Å². The second-order valence-electron chi connectivity index (χ2n) is 3.45. The molecule has 15 heavy (non-hydrogen) atoms. The van der Waals surface area contributed by atoms with Gasteiger partial charge in [0.2, 0.25) is 10.0 Å². The van der Waals surface area contributed by atoms with Gasteiger partial charge in [-0.1, -0.05) is 24.6 Å². The minimum Gasteiger partial charge on any atom is -0.315 e. The lowest BCUT2D eigenvalue weighted by molar-refractivity contribution is 0.547. The molecule has 0 aromatic heterocycles. The number of sulfonamides is 1. The third-order valence-electron chi connectivity index (χ3n) is 2.08. The van der Waals surface area contributed by atoms with E-state index < -0.39 is 16.2 Å². The van der Waals surface area contributed by atoms with Crippen molar-refractivity contribution in [2.45, 2.75) is 31.3 Å². The summed E-state index contributed by atoms with van der Waals surface area (Å²) in [6.45, 7) is 3.73. The van der Waals surface area contributed by atoms with Gasteiger partial charge in [0.1, 0.15) is 0 Å². The molecule has 5 heteroatoms. The van der Waals surface area contributed by atoms with E-state index in [0.29, 0.717) is 6.42 Å². The Labute approximate surface area is 90.5 Å². The Morgan fingerprint density at radius 3 is 2.33 bits per heavy atom. The van der Waals surface area contributed by atoms with Crippen LogP contribution < -0.4 is 10.5 Å². The summed E-state index contributed by atoms with van der Waals surface area (Å²) in [7, 11) is -3.46. The van der Waals surface area contributed by atoms with Gasteiger partial charge in [-0.2, -0.15) is 4.72 Å². The number of benzene rings is 1. The lowest BCUT2D eigenvalue weighted by atomic mass is 10.2. The van der Waals surface area contributed by atoms with E-state index in [9.17, 15) is 8.42 Å². The molecule has 0 spiro atoms. The fourth-order valence-corrected chi connectivity index (χ4v) is 2.26. The summed E-state index contributed by atoms with van der Waals surface area (Å²) in [6.07, 6.45) is 0.0294. The molecular formula is C10H16N2O2S. The molecule has 0 heterocycles. The molecule has 1 rings (SSSR count). The molecule has 0 saturated heterocycles. The van der Waals surface area contributed by atoms with Gasteiger partial charge < -0.3 is 5.73 Å². The molecule has 0 fully saturated rings. The van der Waals surface area contributed by atoms with Crippen LogP contribution in [0, 0.1) is 6.92 Å². The van der Waals surface area contributed by atoms with Crippen LogP contribution in [0.1, 0.15) is 18.9 Å². The third-order valence-corrected chi connectivity index (χ3v) is 3.58. The van der Waals surface area contributed by atoms with E-state index in [1.807, 2.05) is 13.8 Å². The highest BCUT2D eigenvalue weighted by Gasteiger charge is 2.15. The molecule has 1 aromatic rings. The van der Waals surface area contributed by atoms with Crippen molar-refractivity contribution >= 4 is 10.0 Å². The lowest BCUT2D eigenvalue weighted by Crippen LogP contribution is -2.40. The maximum atomic E-state index is 11.7. The van der Waals surface area contributed by atoms with Gasteiger partial charge in [0.05, 0.1) is 11.1 Å². The summed E-state index contributed by atoms with van der Waals surface area (Å²) in [5.74, 6) is 0. The zero-order chi connectivity index (χ0) is 11.5. The smallest absolute Gasteiger partial charge is 0.241 e. The van der Waals surface area contributed by atoms with Crippen LogP contribution in [0.15, 0.2) is 29.2 Å². The Bertz CT molecular complexity index is 412. The predicted molar refractivity (Wildman–Crippen MR) is 59.8 cm³/mol. The summed E-state index contributed by atoms with van der Waals surface area (Å²) in [4.78, 5) is 0.247. The van der Waals surface area contributed by atoms with Crippen LogP contribution in [0.25, 0.3) is 0 Å². The van der Waals surface area contributed by atoms with E-state index in [1.54, 1.807) is 24.3 Å². The van der Waals surface area contributed by atoms with Crippen LogP contribution >= 0.6 is 0 Å². The lowest BCUT2D eigenvalue weighted by Gasteiger charge is -2.11. The standard InChI is InChI=1S/C10H16N2O2S/c1-3-10(11)12-15(13,14)9-6-4-8(2)5-7-9/h4-7,10,12H,3,11H2,1-2H3. The molecule has 3 N–H and O–H groups in total. The first kappa shape index (κ1) is 12.2. The average Bonchev–Trinajstić information content (AvgIpc) is 2.17. The van der Waals surface area contributed by atoms with Gasteiger partial charge in [-0.3, -0.25) is 0 Å². The second-order valence-corrected chi connectivity index (χ2v) is 5.16. The van der Waals surface area contributed by atoms with Gasteiger partial charge in [-0.15, -0.1) is 0 Å². The molecule has 1 aromatic carbocycles. The molecule has 0 radical (unpaired) electrons. The number of nitrogens with one attached hydrogen (secondary N) is 1. The van der Waals surface area contributed by atoms with Gasteiger partial charge in [-0.25, -0.2) is 8.42 Å². The predicted octanol–water partition coefficient (Wildman–Crippen LogP) is 0.968. The van der Waals surface area contributed by atoms with Crippen molar-refractivity contribution in [2.24, 2.45) is 5.73 Å². The molecule has 0 amide bonds. The first-order valence-corrected chi connectivity index (χ1v) is 6.28. The van der Waals surface area contributed by atoms with Gasteiger partial charge in [0, 0.05) is 0 Å². The molecular weight excluding hydrogens is 212 g/mol. The SMILES string of the molecule is CCC(N)NS(=O)(=O)c1ccc(C)cc1. The van der Waals surface area contributed by atoms with E-state index in [1.165, 1.54) is 0 Å². The van der Waals surface area contributed by atoms with E-state index in [0.717, 1.165) is 5.56 Å². The third kappa shape index (κ3) is 3.30. The number of hydrogen-bond donors (Lipinski definition) is 2. The van der Waals surface area contributed by atoms with E-state index in [2.05, 4.69) is 4.72 Å². The van der Waals surface area contributed by atoms with Crippen molar-refractivity contribution in [1.82, 2.24) is 4.72 Å². The Hall–Kier alpha value is -0.910. The minimum atomic E-state index is -3.46. The van der Waals surface area contributed by atoms with Gasteiger partial charge in [-0.05, 0) is 25.5 Å². The fraction of sp³-hybridized carbons (Fsp3) is 0.400. The maximum Gasteiger partial charge on any atom is 0.241 e. The van der Waals surface area contributed by atoms with Gasteiger partial charge >= 0.3 is 0 Å². The Balaban J connectivity index is 2.91. The zero-order valence-electron chi connectivity index (χ0n) is 8.90. The molecule has 0 aliphatic carbocycles. The van der Waals surface area contributed by atoms with Crippen LogP contribution in [0.2, 0.25) is 0 Å². The fourth-order valence-electron chi connectivity index (χ4n) is 1.07. The molecule has 0 bridgehead atoms. The maximum absolute atomic E-state index is 11.7. The number of aryl methyl sites for hydroxylation is 1. The summed E-state index contributed by atoms with van der Waals surface area (Å²) < 4.78 is 25.8. The molecule has 0 aliphatic heterocycles. The molecule has 0 saturated carbocycles. The van der Waals surface area contributed by atoms with Crippen LogP contribution in [-0.4, -0.2) is 14.6 Å². The average molecular weight is 228 g/mol. The molecule has 0 aliphatic rings. The van der Waals surface area contributed by atoms with Crippen molar-refractivity contribution in [3.05, 3.63) is 29.8 Å². The molecule has 1 unspecified atom stereocenters. The highest BCUT2D eigenvalue weighted by Crippen LogP contribution is 2.10. The second kappa shape index (κ2) is 4.74. The van der Waals surface area contributed by atoms with Crippen LogP contribution in [0.4, 0.5) is 0 Å². The van der Waals surface area contributed by atoms with Crippen molar-refractivity contribution in [2.75, 3.05) is 0 Å². The van der Waals surface area contributed by atoms with E-state index >= 15 is 0 Å². The normalized spacial score (nSPS) is 13.8. The summed E-state index contributed by atoms with van der Waals surface area (Å²) >= 11 is 0. The van der Waals surface area contributed by atoms with Gasteiger partial charge in [0.15, 0.2) is 0 Å². The first-order valence-electron chi connectivity index (χ1n) is 4.80. The first-order chi connectivity index (χ1) is 6.95. The topological polar surface area (TPSA) is 72.2 Å². The highest BCUT2D eigenvalue weighted by atomic mass is 32.2. The Morgan fingerprint density at radius 2 is 1.87 bits per heavy atom. The summed E-state index contributed by atoms with van der Waals surface area (Å²) in [5, 5.41) is 0. The van der Waals surface area contributed by atoms with Crippen LogP contribution in [0.5, 0.6) is 0 Å². The van der Waals surface area contributed by atoms with Crippen LogP contribution in [0.3, 0.4) is 0 Å². The van der Waals surface area contributed by atoms with Crippen molar-refractivity contribution in [3.63, 3.8) is 0 Å². The Kier molecular flexibility index (Phi) is 3.84. The number of rotatable bonds is 4.